The van der Waals surface area contributed by atoms with Crippen LogP contribution in [0.2, 0.25) is 0 Å². The molecule has 0 aliphatic heterocycles. The molecule has 0 spiro atoms. The summed E-state index contributed by atoms with van der Waals surface area (Å²) in [5.41, 5.74) is 0.892. The van der Waals surface area contributed by atoms with E-state index in [0.717, 1.165) is 5.56 Å². The lowest BCUT2D eigenvalue weighted by atomic mass is 10.3. The second-order valence-electron chi connectivity index (χ2n) is 3.93. The van der Waals surface area contributed by atoms with Crippen LogP contribution in [0.5, 0.6) is 0 Å². The minimum atomic E-state index is -4.38. The average molecular weight is 261 g/mol. The van der Waals surface area contributed by atoms with Gasteiger partial charge in [-0.25, -0.2) is 0 Å². The normalized spacial score (nSPS) is 11.6. The number of likely N-dealkylation sites (N-methyl/N-ethyl adjacent to an activating group) is 1. The van der Waals surface area contributed by atoms with Crippen LogP contribution >= 0.6 is 0 Å². The largest absolute Gasteiger partial charge is 0.405 e. The fraction of sp³-hybridized carbons (Fsp3) is 0.455. The topological polar surface area (TPSA) is 45.2 Å². The van der Waals surface area contributed by atoms with Gasteiger partial charge in [0.2, 0.25) is 5.91 Å². The average Bonchev–Trinajstić information content (AvgIpc) is 2.26. The van der Waals surface area contributed by atoms with Gasteiger partial charge in [-0.2, -0.15) is 13.2 Å². The summed E-state index contributed by atoms with van der Waals surface area (Å²) in [6.07, 6.45) is -1.11. The number of alkyl halides is 3. The molecule has 0 aromatic carbocycles. The third kappa shape index (κ3) is 6.19. The van der Waals surface area contributed by atoms with Crippen LogP contribution in [0.4, 0.5) is 13.2 Å². The molecule has 100 valence electrons. The van der Waals surface area contributed by atoms with Crippen LogP contribution in [0, 0.1) is 0 Å². The van der Waals surface area contributed by atoms with Gasteiger partial charge >= 0.3 is 6.18 Å². The van der Waals surface area contributed by atoms with Crippen molar-refractivity contribution in [3.8, 4) is 0 Å². The molecule has 0 fully saturated rings. The zero-order chi connectivity index (χ0) is 13.6. The number of hydrogen-bond donors (Lipinski definition) is 1. The Labute approximate surface area is 103 Å². The van der Waals surface area contributed by atoms with E-state index in [2.05, 4.69) is 4.98 Å². The molecule has 18 heavy (non-hydrogen) atoms. The quantitative estimate of drug-likeness (QED) is 0.866. The van der Waals surface area contributed by atoms with Gasteiger partial charge in [-0.1, -0.05) is 6.07 Å². The number of nitrogens with zero attached hydrogens (tertiary/aromatic N) is 2. The monoisotopic (exact) mass is 261 g/mol. The molecular formula is C11H14F3N3O. The first-order valence-electron chi connectivity index (χ1n) is 5.28. The van der Waals surface area contributed by atoms with Gasteiger partial charge in [-0.15, -0.1) is 0 Å². The molecule has 1 N–H and O–H groups in total. The Kier molecular flexibility index (Phi) is 5.08. The van der Waals surface area contributed by atoms with E-state index in [1.165, 1.54) is 0 Å². The number of amides is 1. The molecule has 0 saturated heterocycles. The first kappa shape index (κ1) is 14.4. The van der Waals surface area contributed by atoms with Gasteiger partial charge in [0.05, 0.1) is 6.54 Å². The van der Waals surface area contributed by atoms with Crippen molar-refractivity contribution in [2.45, 2.75) is 12.7 Å². The second-order valence-corrected chi connectivity index (χ2v) is 3.93. The highest BCUT2D eigenvalue weighted by Crippen LogP contribution is 2.12. The Morgan fingerprint density at radius 2 is 2.22 bits per heavy atom. The van der Waals surface area contributed by atoms with Crippen LogP contribution in [0.1, 0.15) is 5.56 Å². The molecule has 0 atom stereocenters. The molecule has 1 aromatic rings. The highest BCUT2D eigenvalue weighted by Gasteiger charge is 2.27. The maximum Gasteiger partial charge on any atom is 0.405 e. The van der Waals surface area contributed by atoms with Crippen molar-refractivity contribution >= 4 is 5.91 Å². The van der Waals surface area contributed by atoms with Gasteiger partial charge in [-0.3, -0.25) is 14.7 Å². The van der Waals surface area contributed by atoms with Gasteiger partial charge in [0.1, 0.15) is 6.54 Å². The molecule has 7 heteroatoms. The summed E-state index contributed by atoms with van der Waals surface area (Å²) in [4.78, 5) is 16.7. The Balaban J connectivity index is 2.32. The first-order chi connectivity index (χ1) is 8.37. The predicted molar refractivity (Wildman–Crippen MR) is 59.6 cm³/mol. The lowest BCUT2D eigenvalue weighted by molar-refractivity contribution is -0.138. The van der Waals surface area contributed by atoms with Gasteiger partial charge in [-0.05, 0) is 18.7 Å². The summed E-state index contributed by atoms with van der Waals surface area (Å²) in [5, 5.41) is 1.82. The van der Waals surface area contributed by atoms with Crippen LogP contribution in [0.25, 0.3) is 0 Å². The highest BCUT2D eigenvalue weighted by molar-refractivity contribution is 5.78. The Hall–Kier alpha value is -1.63. The number of rotatable bonds is 5. The van der Waals surface area contributed by atoms with Crippen LogP contribution in [0.15, 0.2) is 24.5 Å². The lowest BCUT2D eigenvalue weighted by Gasteiger charge is -2.16. The van der Waals surface area contributed by atoms with Crippen LogP contribution in [-0.2, 0) is 11.3 Å². The molecule has 0 saturated carbocycles. The van der Waals surface area contributed by atoms with E-state index < -0.39 is 18.6 Å². The van der Waals surface area contributed by atoms with Crippen LogP contribution in [0.3, 0.4) is 0 Å². The molecular weight excluding hydrogens is 247 g/mol. The minimum Gasteiger partial charge on any atom is -0.346 e. The number of carbonyl (C=O) groups excluding carboxylic acids is 1. The van der Waals surface area contributed by atoms with E-state index in [4.69, 9.17) is 0 Å². The lowest BCUT2D eigenvalue weighted by Crippen LogP contribution is -2.39. The maximum atomic E-state index is 11.9. The summed E-state index contributed by atoms with van der Waals surface area (Å²) in [6.45, 7) is -0.940. The summed E-state index contributed by atoms with van der Waals surface area (Å²) in [7, 11) is 1.65. The number of hydrogen-bond acceptors (Lipinski definition) is 3. The Morgan fingerprint density at radius 3 is 2.78 bits per heavy atom. The fourth-order valence-corrected chi connectivity index (χ4v) is 1.36. The smallest absolute Gasteiger partial charge is 0.346 e. The van der Waals surface area contributed by atoms with Crippen molar-refractivity contribution in [1.82, 2.24) is 15.2 Å². The van der Waals surface area contributed by atoms with Crippen molar-refractivity contribution < 1.29 is 18.0 Å². The maximum absolute atomic E-state index is 11.9. The van der Waals surface area contributed by atoms with Gasteiger partial charge in [0.25, 0.3) is 0 Å². The molecule has 0 radical (unpaired) electrons. The Bertz CT molecular complexity index is 381. The zero-order valence-corrected chi connectivity index (χ0v) is 9.87. The second kappa shape index (κ2) is 6.34. The van der Waals surface area contributed by atoms with E-state index in [-0.39, 0.29) is 6.54 Å². The number of nitrogens with one attached hydrogen (secondary N) is 1. The molecule has 0 aliphatic rings. The van der Waals surface area contributed by atoms with E-state index in [1.807, 2.05) is 11.4 Å². The first-order valence-corrected chi connectivity index (χ1v) is 5.28. The molecule has 1 amide bonds. The number of halogens is 3. The van der Waals surface area contributed by atoms with Gasteiger partial charge in [0, 0.05) is 18.9 Å². The molecule has 1 aromatic heterocycles. The third-order valence-electron chi connectivity index (χ3n) is 2.07. The van der Waals surface area contributed by atoms with Gasteiger partial charge in [0.15, 0.2) is 0 Å². The Morgan fingerprint density at radius 1 is 1.50 bits per heavy atom. The van der Waals surface area contributed by atoms with E-state index in [0.29, 0.717) is 6.54 Å². The predicted octanol–water partition coefficient (Wildman–Crippen LogP) is 1.19. The van der Waals surface area contributed by atoms with Gasteiger partial charge < -0.3 is 5.32 Å². The van der Waals surface area contributed by atoms with Crippen LogP contribution < -0.4 is 5.32 Å². The number of aromatic nitrogens is 1. The molecule has 1 rings (SSSR count). The van der Waals surface area contributed by atoms with Crippen molar-refractivity contribution in [3.05, 3.63) is 30.1 Å². The third-order valence-corrected chi connectivity index (χ3v) is 2.07. The summed E-state index contributed by atoms with van der Waals surface area (Å²) in [5.74, 6) is -0.654. The number of pyridine rings is 1. The van der Waals surface area contributed by atoms with Crippen molar-refractivity contribution in [2.75, 3.05) is 20.1 Å². The highest BCUT2D eigenvalue weighted by atomic mass is 19.4. The van der Waals surface area contributed by atoms with Crippen molar-refractivity contribution in [2.24, 2.45) is 0 Å². The molecule has 0 unspecified atom stereocenters. The molecule has 1 heterocycles. The summed E-state index contributed by atoms with van der Waals surface area (Å²) >= 11 is 0. The molecule has 4 nitrogen and oxygen atoms in total. The van der Waals surface area contributed by atoms with Crippen LogP contribution in [-0.4, -0.2) is 42.1 Å². The van der Waals surface area contributed by atoms with E-state index in [9.17, 15) is 18.0 Å². The fourth-order valence-electron chi connectivity index (χ4n) is 1.36. The summed E-state index contributed by atoms with van der Waals surface area (Å²) in [6, 6.07) is 3.59. The van der Waals surface area contributed by atoms with E-state index in [1.54, 1.807) is 30.4 Å². The van der Waals surface area contributed by atoms with Crippen molar-refractivity contribution in [3.63, 3.8) is 0 Å². The SMILES string of the molecule is CN(CC(=O)NCC(F)(F)F)Cc1cccnc1. The minimum absolute atomic E-state index is 0.0923. The summed E-state index contributed by atoms with van der Waals surface area (Å²) < 4.78 is 35.6. The molecule has 0 aliphatic carbocycles. The number of carbonyl (C=O) groups is 1. The zero-order valence-electron chi connectivity index (χ0n) is 9.87. The standard InChI is InChI=1S/C11H14F3N3O/c1-17(6-9-3-2-4-15-5-9)7-10(18)16-8-11(12,13)14/h2-5H,6-8H2,1H3,(H,16,18). The molecule has 0 bridgehead atoms. The van der Waals surface area contributed by atoms with Crippen molar-refractivity contribution in [1.29, 1.82) is 0 Å². The van der Waals surface area contributed by atoms with E-state index >= 15 is 0 Å².